The van der Waals surface area contributed by atoms with Crippen LogP contribution in [0.1, 0.15) is 37.3 Å². The molecule has 1 atom stereocenters. The Morgan fingerprint density at radius 1 is 1.44 bits per heavy atom. The van der Waals surface area contributed by atoms with Gasteiger partial charge in [0.25, 0.3) is 0 Å². The van der Waals surface area contributed by atoms with E-state index in [-0.39, 0.29) is 0 Å². The Balaban J connectivity index is 2.31. The van der Waals surface area contributed by atoms with E-state index in [0.29, 0.717) is 11.9 Å². The molecule has 0 aliphatic carbocycles. The van der Waals surface area contributed by atoms with E-state index in [4.69, 9.17) is 11.6 Å². The molecular formula is C14H20ClN. The zero-order valence-corrected chi connectivity index (χ0v) is 10.9. The van der Waals surface area contributed by atoms with Crippen LogP contribution in [0.4, 0.5) is 5.69 Å². The number of hydrogen-bond donors (Lipinski definition) is 0. The highest BCUT2D eigenvalue weighted by molar-refractivity contribution is 6.17. The molecule has 1 fully saturated rings. The molecule has 2 heteroatoms. The monoisotopic (exact) mass is 237 g/mol. The summed E-state index contributed by atoms with van der Waals surface area (Å²) in [6, 6.07) is 7.36. The lowest BCUT2D eigenvalue weighted by Gasteiger charge is -2.28. The molecular weight excluding hydrogens is 218 g/mol. The van der Waals surface area contributed by atoms with Gasteiger partial charge in [-0.05, 0) is 37.8 Å². The van der Waals surface area contributed by atoms with Crippen molar-refractivity contribution in [3.63, 3.8) is 0 Å². The third-order valence-electron chi connectivity index (χ3n) is 3.54. The predicted molar refractivity (Wildman–Crippen MR) is 71.4 cm³/mol. The Morgan fingerprint density at radius 3 is 2.94 bits per heavy atom. The fourth-order valence-corrected chi connectivity index (χ4v) is 2.89. The zero-order chi connectivity index (χ0) is 11.5. The molecule has 0 saturated carbocycles. The first-order valence-corrected chi connectivity index (χ1v) is 6.72. The minimum Gasteiger partial charge on any atom is -0.368 e. The van der Waals surface area contributed by atoms with E-state index in [2.05, 4.69) is 36.9 Å². The molecule has 1 unspecified atom stereocenters. The van der Waals surface area contributed by atoms with Crippen LogP contribution >= 0.6 is 11.6 Å². The summed E-state index contributed by atoms with van der Waals surface area (Å²) in [5, 5.41) is 0. The molecule has 1 aliphatic rings. The second kappa shape index (κ2) is 5.09. The summed E-state index contributed by atoms with van der Waals surface area (Å²) >= 11 is 6.05. The number of alkyl halides is 1. The van der Waals surface area contributed by atoms with Crippen LogP contribution in [0.5, 0.6) is 0 Å². The Bertz CT molecular complexity index is 362. The molecule has 0 bridgehead atoms. The number of hydrogen-bond acceptors (Lipinski definition) is 1. The van der Waals surface area contributed by atoms with Crippen LogP contribution in [-0.4, -0.2) is 12.6 Å². The number of rotatable bonds is 3. The lowest BCUT2D eigenvalue weighted by atomic mass is 10.1. The van der Waals surface area contributed by atoms with Crippen LogP contribution in [0.2, 0.25) is 0 Å². The maximum absolute atomic E-state index is 6.05. The first-order chi connectivity index (χ1) is 7.76. The van der Waals surface area contributed by atoms with Crippen LogP contribution in [0.3, 0.4) is 0 Å². The molecule has 1 aliphatic heterocycles. The minimum atomic E-state index is 0.615. The van der Waals surface area contributed by atoms with Gasteiger partial charge < -0.3 is 4.90 Å². The van der Waals surface area contributed by atoms with Crippen LogP contribution in [-0.2, 0) is 5.88 Å². The quantitative estimate of drug-likeness (QED) is 0.715. The van der Waals surface area contributed by atoms with Gasteiger partial charge in [-0.3, -0.25) is 0 Å². The van der Waals surface area contributed by atoms with Crippen molar-refractivity contribution >= 4 is 17.3 Å². The number of halogens is 1. The van der Waals surface area contributed by atoms with Crippen molar-refractivity contribution in [1.29, 1.82) is 0 Å². The first-order valence-electron chi connectivity index (χ1n) is 6.18. The second-order valence-electron chi connectivity index (χ2n) is 4.66. The van der Waals surface area contributed by atoms with E-state index in [1.165, 1.54) is 42.6 Å². The Labute approximate surface area is 103 Å². The molecule has 1 aromatic rings. The summed E-state index contributed by atoms with van der Waals surface area (Å²) in [7, 11) is 0. The van der Waals surface area contributed by atoms with Gasteiger partial charge in [-0.1, -0.05) is 24.6 Å². The van der Waals surface area contributed by atoms with Crippen molar-refractivity contribution < 1.29 is 0 Å². The predicted octanol–water partition coefficient (Wildman–Crippen LogP) is 4.11. The van der Waals surface area contributed by atoms with Gasteiger partial charge >= 0.3 is 0 Å². The molecule has 1 nitrogen and oxygen atoms in total. The van der Waals surface area contributed by atoms with Crippen LogP contribution in [0.25, 0.3) is 0 Å². The lowest BCUT2D eigenvalue weighted by Crippen LogP contribution is -2.29. The maximum Gasteiger partial charge on any atom is 0.0494 e. The average molecular weight is 238 g/mol. The van der Waals surface area contributed by atoms with Gasteiger partial charge in [-0.25, -0.2) is 0 Å². The number of nitrogens with zero attached hydrogens (tertiary/aromatic N) is 1. The van der Waals surface area contributed by atoms with Crippen molar-refractivity contribution in [3.8, 4) is 0 Å². The van der Waals surface area contributed by atoms with Gasteiger partial charge in [0, 0.05) is 24.2 Å². The number of anilines is 1. The molecule has 0 N–H and O–H groups in total. The molecule has 1 saturated heterocycles. The van der Waals surface area contributed by atoms with E-state index in [0.717, 1.165) is 0 Å². The van der Waals surface area contributed by atoms with Gasteiger partial charge in [-0.2, -0.15) is 0 Å². The average Bonchev–Trinajstić information content (AvgIpc) is 2.76. The van der Waals surface area contributed by atoms with Crippen LogP contribution in [0.15, 0.2) is 18.2 Å². The van der Waals surface area contributed by atoms with Crippen molar-refractivity contribution in [3.05, 3.63) is 29.3 Å². The standard InChI is InChI=1S/C14H20ClN/c1-3-13-5-4-8-16(13)14-7-6-11(2)9-12(14)10-15/h6-7,9,13H,3-5,8,10H2,1-2H3. The summed E-state index contributed by atoms with van der Waals surface area (Å²) in [4.78, 5) is 2.54. The van der Waals surface area contributed by atoms with E-state index in [1.54, 1.807) is 0 Å². The highest BCUT2D eigenvalue weighted by Crippen LogP contribution is 2.31. The molecule has 16 heavy (non-hydrogen) atoms. The molecule has 0 amide bonds. The molecule has 1 heterocycles. The lowest BCUT2D eigenvalue weighted by molar-refractivity contribution is 0.644. The normalized spacial score (nSPS) is 20.4. The topological polar surface area (TPSA) is 3.24 Å². The van der Waals surface area contributed by atoms with Gasteiger partial charge in [0.2, 0.25) is 0 Å². The van der Waals surface area contributed by atoms with Gasteiger partial charge in [0.15, 0.2) is 0 Å². The summed E-state index contributed by atoms with van der Waals surface area (Å²) in [5.41, 5.74) is 3.93. The fourth-order valence-electron chi connectivity index (χ4n) is 2.68. The largest absolute Gasteiger partial charge is 0.368 e. The van der Waals surface area contributed by atoms with Gasteiger partial charge in [0.05, 0.1) is 0 Å². The molecule has 0 aromatic heterocycles. The number of aryl methyl sites for hydroxylation is 1. The Kier molecular flexibility index (Phi) is 3.75. The minimum absolute atomic E-state index is 0.615. The van der Waals surface area contributed by atoms with E-state index < -0.39 is 0 Å². The van der Waals surface area contributed by atoms with Gasteiger partial charge in [-0.15, -0.1) is 11.6 Å². The van der Waals surface area contributed by atoms with E-state index in [1.807, 2.05) is 0 Å². The maximum atomic E-state index is 6.05. The van der Waals surface area contributed by atoms with Crippen LogP contribution < -0.4 is 4.90 Å². The third-order valence-corrected chi connectivity index (χ3v) is 3.82. The zero-order valence-electron chi connectivity index (χ0n) is 10.2. The van der Waals surface area contributed by atoms with Crippen LogP contribution in [0, 0.1) is 6.92 Å². The fraction of sp³-hybridized carbons (Fsp3) is 0.571. The van der Waals surface area contributed by atoms with Crippen molar-refractivity contribution in [1.82, 2.24) is 0 Å². The molecule has 88 valence electrons. The summed E-state index contributed by atoms with van der Waals surface area (Å²) in [5.74, 6) is 0.615. The molecule has 0 radical (unpaired) electrons. The second-order valence-corrected chi connectivity index (χ2v) is 4.93. The highest BCUT2D eigenvalue weighted by Gasteiger charge is 2.24. The van der Waals surface area contributed by atoms with Gasteiger partial charge in [0.1, 0.15) is 0 Å². The Hall–Kier alpha value is -0.690. The summed E-state index contributed by atoms with van der Waals surface area (Å²) in [6.45, 7) is 5.59. The van der Waals surface area contributed by atoms with Crippen molar-refractivity contribution in [2.45, 2.75) is 45.0 Å². The van der Waals surface area contributed by atoms with E-state index >= 15 is 0 Å². The SMILES string of the molecule is CCC1CCCN1c1ccc(C)cc1CCl. The third kappa shape index (κ3) is 2.20. The summed E-state index contributed by atoms with van der Waals surface area (Å²) in [6.07, 6.45) is 3.87. The van der Waals surface area contributed by atoms with Crippen molar-refractivity contribution in [2.24, 2.45) is 0 Å². The number of benzene rings is 1. The first kappa shape index (κ1) is 11.8. The molecule has 1 aromatic carbocycles. The molecule has 0 spiro atoms. The molecule has 2 rings (SSSR count). The van der Waals surface area contributed by atoms with E-state index in [9.17, 15) is 0 Å². The Morgan fingerprint density at radius 2 is 2.25 bits per heavy atom. The smallest absolute Gasteiger partial charge is 0.0494 e. The van der Waals surface area contributed by atoms with Crippen molar-refractivity contribution in [2.75, 3.05) is 11.4 Å². The summed E-state index contributed by atoms with van der Waals surface area (Å²) < 4.78 is 0. The highest BCUT2D eigenvalue weighted by atomic mass is 35.5.